The molecule has 19 heavy (non-hydrogen) atoms. The van der Waals surface area contributed by atoms with E-state index in [-0.39, 0.29) is 0 Å². The molecule has 0 amide bonds. The molecule has 1 rings (SSSR count). The standard InChI is InChI=1S/C14H20ClNO3/c1-3-4-5-12(14(17)18)16-9-10-6-7-13(19-2)11(15)8-10/h6-8,12,16H,3-5,9H2,1-2H3,(H,17,18)/t12-/m0/s1. The van der Waals surface area contributed by atoms with E-state index in [4.69, 9.17) is 21.4 Å². The highest BCUT2D eigenvalue weighted by Crippen LogP contribution is 2.24. The highest BCUT2D eigenvalue weighted by Gasteiger charge is 2.15. The smallest absolute Gasteiger partial charge is 0.320 e. The van der Waals surface area contributed by atoms with Gasteiger partial charge in [0.05, 0.1) is 12.1 Å². The zero-order valence-corrected chi connectivity index (χ0v) is 12.0. The normalized spacial score (nSPS) is 12.2. The second-order valence-corrected chi connectivity index (χ2v) is 4.79. The van der Waals surface area contributed by atoms with Crippen LogP contribution in [0.1, 0.15) is 31.7 Å². The molecule has 1 aromatic carbocycles. The summed E-state index contributed by atoms with van der Waals surface area (Å²) in [6, 6.07) is 4.92. The lowest BCUT2D eigenvalue weighted by atomic mass is 10.1. The van der Waals surface area contributed by atoms with Crippen LogP contribution in [0.4, 0.5) is 0 Å². The molecule has 0 saturated carbocycles. The van der Waals surface area contributed by atoms with Crippen LogP contribution in [0.15, 0.2) is 18.2 Å². The fraction of sp³-hybridized carbons (Fsp3) is 0.500. The monoisotopic (exact) mass is 285 g/mol. The molecular weight excluding hydrogens is 266 g/mol. The minimum absolute atomic E-state index is 0.477. The van der Waals surface area contributed by atoms with Crippen LogP contribution < -0.4 is 10.1 Å². The molecule has 0 aromatic heterocycles. The van der Waals surface area contributed by atoms with E-state index >= 15 is 0 Å². The van der Waals surface area contributed by atoms with Crippen LogP contribution in [-0.4, -0.2) is 24.2 Å². The lowest BCUT2D eigenvalue weighted by Crippen LogP contribution is -2.36. The van der Waals surface area contributed by atoms with Crippen molar-refractivity contribution in [2.24, 2.45) is 0 Å². The summed E-state index contributed by atoms with van der Waals surface area (Å²) < 4.78 is 5.07. The SMILES string of the molecule is CCCC[C@H](NCc1ccc(OC)c(Cl)c1)C(=O)O. The number of methoxy groups -OCH3 is 1. The van der Waals surface area contributed by atoms with Crippen molar-refractivity contribution in [3.05, 3.63) is 28.8 Å². The number of hydrogen-bond acceptors (Lipinski definition) is 3. The Kier molecular flexibility index (Phi) is 6.67. The maximum Gasteiger partial charge on any atom is 0.320 e. The number of benzene rings is 1. The Balaban J connectivity index is 2.58. The number of halogens is 1. The predicted octanol–water partition coefficient (Wildman–Crippen LogP) is 3.08. The fourth-order valence-electron chi connectivity index (χ4n) is 1.78. The van der Waals surface area contributed by atoms with Gasteiger partial charge >= 0.3 is 5.97 Å². The minimum Gasteiger partial charge on any atom is -0.495 e. The highest BCUT2D eigenvalue weighted by atomic mass is 35.5. The van der Waals surface area contributed by atoms with Crippen LogP contribution >= 0.6 is 11.6 Å². The largest absolute Gasteiger partial charge is 0.495 e. The van der Waals surface area contributed by atoms with E-state index in [1.165, 1.54) is 0 Å². The average molecular weight is 286 g/mol. The van der Waals surface area contributed by atoms with Gasteiger partial charge in [-0.2, -0.15) is 0 Å². The topological polar surface area (TPSA) is 58.6 Å². The third kappa shape index (κ3) is 5.09. The molecule has 2 N–H and O–H groups in total. The zero-order chi connectivity index (χ0) is 14.3. The van der Waals surface area contributed by atoms with Crippen LogP contribution in [0.25, 0.3) is 0 Å². The second-order valence-electron chi connectivity index (χ2n) is 4.38. The molecular formula is C14H20ClNO3. The molecule has 0 unspecified atom stereocenters. The first kappa shape index (κ1) is 15.8. The van der Waals surface area contributed by atoms with Crippen molar-refractivity contribution >= 4 is 17.6 Å². The fourth-order valence-corrected chi connectivity index (χ4v) is 2.06. The Morgan fingerprint density at radius 1 is 1.53 bits per heavy atom. The molecule has 0 saturated heterocycles. The summed E-state index contributed by atoms with van der Waals surface area (Å²) in [5, 5.41) is 12.7. The van der Waals surface area contributed by atoms with Gasteiger partial charge < -0.3 is 15.2 Å². The molecule has 106 valence electrons. The second kappa shape index (κ2) is 8.02. The maximum atomic E-state index is 11.1. The first-order valence-electron chi connectivity index (χ1n) is 6.37. The van der Waals surface area contributed by atoms with Crippen LogP contribution in [0, 0.1) is 0 Å². The number of carboxylic acids is 1. The van der Waals surface area contributed by atoms with Crippen molar-refractivity contribution in [3.8, 4) is 5.75 Å². The number of unbranched alkanes of at least 4 members (excludes halogenated alkanes) is 1. The third-order valence-electron chi connectivity index (χ3n) is 2.91. The molecule has 0 aliphatic rings. The van der Waals surface area contributed by atoms with Gasteiger partial charge in [-0.25, -0.2) is 0 Å². The number of aliphatic carboxylic acids is 1. The number of carbonyl (C=O) groups is 1. The Morgan fingerprint density at radius 2 is 2.26 bits per heavy atom. The van der Waals surface area contributed by atoms with Crippen LogP contribution in [-0.2, 0) is 11.3 Å². The number of rotatable bonds is 8. The predicted molar refractivity (Wildman–Crippen MR) is 75.8 cm³/mol. The summed E-state index contributed by atoms with van der Waals surface area (Å²) in [4.78, 5) is 11.1. The van der Waals surface area contributed by atoms with Gasteiger partial charge in [-0.15, -0.1) is 0 Å². The Hall–Kier alpha value is -1.26. The quantitative estimate of drug-likeness (QED) is 0.771. The molecule has 0 heterocycles. The van der Waals surface area contributed by atoms with E-state index in [0.29, 0.717) is 23.7 Å². The molecule has 0 bridgehead atoms. The first-order chi connectivity index (χ1) is 9.08. The van der Waals surface area contributed by atoms with Gasteiger partial charge in [0.15, 0.2) is 0 Å². The van der Waals surface area contributed by atoms with Crippen molar-refractivity contribution < 1.29 is 14.6 Å². The molecule has 5 heteroatoms. The van der Waals surface area contributed by atoms with Gasteiger partial charge in [0.2, 0.25) is 0 Å². The third-order valence-corrected chi connectivity index (χ3v) is 3.21. The molecule has 1 aromatic rings. The molecule has 0 radical (unpaired) electrons. The summed E-state index contributed by atoms with van der Waals surface area (Å²) in [7, 11) is 1.56. The van der Waals surface area contributed by atoms with Gasteiger partial charge in [0.1, 0.15) is 11.8 Å². The van der Waals surface area contributed by atoms with Gasteiger partial charge in [-0.1, -0.05) is 37.4 Å². The maximum absolute atomic E-state index is 11.1. The van der Waals surface area contributed by atoms with E-state index < -0.39 is 12.0 Å². The van der Waals surface area contributed by atoms with Crippen molar-refractivity contribution in [3.63, 3.8) is 0 Å². The molecule has 0 fully saturated rings. The van der Waals surface area contributed by atoms with Crippen molar-refractivity contribution in [1.29, 1.82) is 0 Å². The summed E-state index contributed by atoms with van der Waals surface area (Å²) in [6.45, 7) is 2.52. The highest BCUT2D eigenvalue weighted by molar-refractivity contribution is 6.32. The van der Waals surface area contributed by atoms with E-state index in [1.54, 1.807) is 19.2 Å². The average Bonchev–Trinajstić information content (AvgIpc) is 2.38. The molecule has 4 nitrogen and oxygen atoms in total. The van der Waals surface area contributed by atoms with Crippen molar-refractivity contribution in [2.45, 2.75) is 38.8 Å². The van der Waals surface area contributed by atoms with Crippen LogP contribution in [0.2, 0.25) is 5.02 Å². The van der Waals surface area contributed by atoms with Crippen molar-refractivity contribution in [1.82, 2.24) is 5.32 Å². The van der Waals surface area contributed by atoms with E-state index in [2.05, 4.69) is 5.32 Å². The Labute approximate surface area is 118 Å². The van der Waals surface area contributed by atoms with Crippen molar-refractivity contribution in [2.75, 3.05) is 7.11 Å². The van der Waals surface area contributed by atoms with Gasteiger partial charge in [0.25, 0.3) is 0 Å². The molecule has 1 atom stereocenters. The Bertz CT molecular complexity index is 423. The van der Waals surface area contributed by atoms with Gasteiger partial charge in [-0.3, -0.25) is 4.79 Å². The number of nitrogens with one attached hydrogen (secondary N) is 1. The van der Waals surface area contributed by atoms with Gasteiger partial charge in [0, 0.05) is 6.54 Å². The summed E-state index contributed by atoms with van der Waals surface area (Å²) in [6.07, 6.45) is 2.52. The number of ether oxygens (including phenoxy) is 1. The summed E-state index contributed by atoms with van der Waals surface area (Å²) in [5.41, 5.74) is 0.938. The first-order valence-corrected chi connectivity index (χ1v) is 6.74. The lowest BCUT2D eigenvalue weighted by molar-refractivity contribution is -0.139. The number of carboxylic acid groups (broad SMARTS) is 1. The molecule has 0 aliphatic carbocycles. The van der Waals surface area contributed by atoms with Gasteiger partial charge in [-0.05, 0) is 24.1 Å². The van der Waals surface area contributed by atoms with E-state index in [1.807, 2.05) is 13.0 Å². The Morgan fingerprint density at radius 3 is 2.79 bits per heavy atom. The van der Waals surface area contributed by atoms with Crippen LogP contribution in [0.3, 0.4) is 0 Å². The minimum atomic E-state index is -0.812. The number of hydrogen-bond donors (Lipinski definition) is 2. The summed E-state index contributed by atoms with van der Waals surface area (Å²) >= 11 is 6.02. The van der Waals surface area contributed by atoms with E-state index in [0.717, 1.165) is 18.4 Å². The molecule has 0 spiro atoms. The van der Waals surface area contributed by atoms with Crippen LogP contribution in [0.5, 0.6) is 5.75 Å². The summed E-state index contributed by atoms with van der Waals surface area (Å²) in [5.74, 6) is -0.195. The molecule has 0 aliphatic heterocycles. The lowest BCUT2D eigenvalue weighted by Gasteiger charge is -2.14. The van der Waals surface area contributed by atoms with E-state index in [9.17, 15) is 4.79 Å². The zero-order valence-electron chi connectivity index (χ0n) is 11.3.